The number of aliphatic hydroxyl groups excluding tert-OH is 2. The molecule has 1 aromatic heterocycles. The molecule has 0 spiro atoms. The Labute approximate surface area is 209 Å². The summed E-state index contributed by atoms with van der Waals surface area (Å²) >= 11 is 0. The lowest BCUT2D eigenvalue weighted by Gasteiger charge is -2.26. The number of hydrogen-bond donors (Lipinski definition) is 3. The first kappa shape index (κ1) is 25.9. The predicted octanol–water partition coefficient (Wildman–Crippen LogP) is 3.64. The van der Waals surface area contributed by atoms with E-state index >= 15 is 0 Å². The number of amides is 1. The van der Waals surface area contributed by atoms with Crippen molar-refractivity contribution in [2.24, 2.45) is 0 Å². The van der Waals surface area contributed by atoms with E-state index in [9.17, 15) is 24.2 Å². The van der Waals surface area contributed by atoms with Gasteiger partial charge in [0.15, 0.2) is 0 Å². The molecule has 1 amide bonds. The van der Waals surface area contributed by atoms with Crippen LogP contribution in [0.5, 0.6) is 0 Å². The van der Waals surface area contributed by atoms with Crippen LogP contribution in [0.3, 0.4) is 0 Å². The molecule has 0 saturated carbocycles. The molecule has 1 saturated heterocycles. The molecule has 3 heterocycles. The zero-order valence-electron chi connectivity index (χ0n) is 20.4. The van der Waals surface area contributed by atoms with E-state index in [0.717, 1.165) is 5.56 Å². The number of carbonyl (C=O) groups excluding carboxylic acids is 1. The van der Waals surface area contributed by atoms with E-state index in [4.69, 9.17) is 14.8 Å². The predicted molar refractivity (Wildman–Crippen MR) is 132 cm³/mol. The Bertz CT molecular complexity index is 1160. The van der Waals surface area contributed by atoms with Gasteiger partial charge in [0.2, 0.25) is 5.91 Å². The number of pyridine rings is 1. The fraction of sp³-hybridized carbons (Fsp3) is 0.444. The third kappa shape index (κ3) is 5.48. The van der Waals surface area contributed by atoms with Crippen LogP contribution in [0.4, 0.5) is 10.2 Å². The fourth-order valence-corrected chi connectivity index (χ4v) is 4.87. The van der Waals surface area contributed by atoms with Gasteiger partial charge in [0.05, 0.1) is 43.6 Å². The SMILES string of the molecule is CC(C)c1nc2c(c(-c3ccc(F)cc3)c1/C=C/[C@@H](O)C[C@@H](O)CC(=O)O)COC[C@@H]1CCC(=O)N21. The maximum absolute atomic E-state index is 13.8. The lowest BCUT2D eigenvalue weighted by molar-refractivity contribution is -0.139. The van der Waals surface area contributed by atoms with Gasteiger partial charge < -0.3 is 20.1 Å². The minimum Gasteiger partial charge on any atom is -0.481 e. The molecule has 36 heavy (non-hydrogen) atoms. The summed E-state index contributed by atoms with van der Waals surface area (Å²) in [6, 6.07) is 5.96. The maximum atomic E-state index is 13.8. The average Bonchev–Trinajstić information content (AvgIpc) is 3.06. The van der Waals surface area contributed by atoms with Crippen LogP contribution in [-0.4, -0.2) is 57.0 Å². The molecule has 3 N–H and O–H groups in total. The Balaban J connectivity index is 1.87. The first-order chi connectivity index (χ1) is 17.2. The topological polar surface area (TPSA) is 120 Å². The summed E-state index contributed by atoms with van der Waals surface area (Å²) in [5.41, 5.74) is 3.55. The quantitative estimate of drug-likeness (QED) is 0.508. The highest BCUT2D eigenvalue weighted by Crippen LogP contribution is 2.42. The van der Waals surface area contributed by atoms with Crippen LogP contribution in [0.25, 0.3) is 17.2 Å². The summed E-state index contributed by atoms with van der Waals surface area (Å²) in [5.74, 6) is -1.04. The second-order valence-electron chi connectivity index (χ2n) is 9.63. The maximum Gasteiger partial charge on any atom is 0.305 e. The van der Waals surface area contributed by atoms with Crippen LogP contribution in [0, 0.1) is 5.82 Å². The number of aliphatic hydroxyl groups is 2. The van der Waals surface area contributed by atoms with E-state index in [0.29, 0.717) is 47.7 Å². The molecule has 2 aromatic rings. The number of carboxylic acid groups (broad SMARTS) is 1. The van der Waals surface area contributed by atoms with E-state index < -0.39 is 24.6 Å². The van der Waals surface area contributed by atoms with E-state index in [1.807, 2.05) is 13.8 Å². The molecule has 0 radical (unpaired) electrons. The number of fused-ring (bicyclic) bond motifs is 3. The molecule has 1 aromatic carbocycles. The van der Waals surface area contributed by atoms with Crippen molar-refractivity contribution in [3.63, 3.8) is 0 Å². The van der Waals surface area contributed by atoms with Crippen molar-refractivity contribution in [2.75, 3.05) is 11.5 Å². The Kier molecular flexibility index (Phi) is 7.82. The zero-order valence-corrected chi connectivity index (χ0v) is 20.4. The van der Waals surface area contributed by atoms with Crippen molar-refractivity contribution in [3.05, 3.63) is 53.0 Å². The van der Waals surface area contributed by atoms with Crippen LogP contribution in [-0.2, 0) is 20.9 Å². The molecule has 2 aliphatic rings. The number of carboxylic acids is 1. The van der Waals surface area contributed by atoms with Gasteiger partial charge in [0.25, 0.3) is 0 Å². The van der Waals surface area contributed by atoms with Crippen molar-refractivity contribution >= 4 is 23.8 Å². The number of halogens is 1. The summed E-state index contributed by atoms with van der Waals surface area (Å²) < 4.78 is 19.8. The van der Waals surface area contributed by atoms with E-state index in [1.54, 1.807) is 23.1 Å². The van der Waals surface area contributed by atoms with Gasteiger partial charge in [-0.1, -0.05) is 38.1 Å². The van der Waals surface area contributed by atoms with Crippen molar-refractivity contribution < 1.29 is 34.0 Å². The highest BCUT2D eigenvalue weighted by molar-refractivity contribution is 5.98. The van der Waals surface area contributed by atoms with Crippen LogP contribution < -0.4 is 4.90 Å². The summed E-state index contributed by atoms with van der Waals surface area (Å²) in [7, 11) is 0. The Morgan fingerprint density at radius 1 is 1.28 bits per heavy atom. The Hall–Kier alpha value is -3.14. The highest BCUT2D eigenvalue weighted by Gasteiger charge is 2.38. The molecule has 0 aliphatic carbocycles. The van der Waals surface area contributed by atoms with E-state index in [1.165, 1.54) is 18.2 Å². The van der Waals surface area contributed by atoms with Crippen molar-refractivity contribution in [2.45, 2.75) is 70.3 Å². The summed E-state index contributed by atoms with van der Waals surface area (Å²) in [5, 5.41) is 29.3. The average molecular weight is 499 g/mol. The third-order valence-corrected chi connectivity index (χ3v) is 6.54. The van der Waals surface area contributed by atoms with E-state index in [-0.39, 0.29) is 36.7 Å². The van der Waals surface area contributed by atoms with Gasteiger partial charge in [-0.05, 0) is 35.6 Å². The molecule has 0 bridgehead atoms. The van der Waals surface area contributed by atoms with Crippen molar-refractivity contribution in [1.82, 2.24) is 4.98 Å². The van der Waals surface area contributed by atoms with Crippen LogP contribution in [0.2, 0.25) is 0 Å². The summed E-state index contributed by atoms with van der Waals surface area (Å²) in [6.45, 7) is 4.57. The van der Waals surface area contributed by atoms with Crippen LogP contribution in [0.1, 0.15) is 62.3 Å². The second kappa shape index (κ2) is 10.9. The standard InChI is InChI=1S/C27H31FN2O6/c1-15(2)26-21(9-8-19(31)11-20(32)12-24(34)35)25(16-3-5-17(28)6-4-16)22-14-36-13-18-7-10-23(33)30(18)27(22)29-26/h3-6,8-9,15,18-20,31-32H,7,10-14H2,1-2H3,(H,34,35)/b9-8+/t18-,19+,20+/m0/s1. The fourth-order valence-electron chi connectivity index (χ4n) is 4.87. The highest BCUT2D eigenvalue weighted by atomic mass is 19.1. The van der Waals surface area contributed by atoms with Gasteiger partial charge >= 0.3 is 5.97 Å². The lowest BCUT2D eigenvalue weighted by Crippen LogP contribution is -2.36. The third-order valence-electron chi connectivity index (χ3n) is 6.54. The summed E-state index contributed by atoms with van der Waals surface area (Å²) in [4.78, 5) is 30.4. The Morgan fingerprint density at radius 3 is 2.67 bits per heavy atom. The van der Waals surface area contributed by atoms with Gasteiger partial charge in [0, 0.05) is 24.0 Å². The first-order valence-electron chi connectivity index (χ1n) is 12.1. The first-order valence-corrected chi connectivity index (χ1v) is 12.1. The molecular weight excluding hydrogens is 467 g/mol. The number of anilines is 1. The van der Waals surface area contributed by atoms with Crippen molar-refractivity contribution in [1.29, 1.82) is 0 Å². The lowest BCUT2D eigenvalue weighted by atomic mass is 9.89. The van der Waals surface area contributed by atoms with Crippen molar-refractivity contribution in [3.8, 4) is 11.1 Å². The minimum atomic E-state index is -1.19. The summed E-state index contributed by atoms with van der Waals surface area (Å²) in [6.07, 6.45) is 1.41. The molecule has 3 atom stereocenters. The molecule has 8 nitrogen and oxygen atoms in total. The van der Waals surface area contributed by atoms with Crippen LogP contribution in [0.15, 0.2) is 30.3 Å². The van der Waals surface area contributed by atoms with E-state index in [2.05, 4.69) is 0 Å². The van der Waals surface area contributed by atoms with Gasteiger partial charge in [0.1, 0.15) is 11.6 Å². The largest absolute Gasteiger partial charge is 0.481 e. The zero-order chi connectivity index (χ0) is 26.0. The number of rotatable bonds is 8. The van der Waals surface area contributed by atoms with Gasteiger partial charge in [-0.25, -0.2) is 9.37 Å². The van der Waals surface area contributed by atoms with Gasteiger partial charge in [-0.2, -0.15) is 0 Å². The van der Waals surface area contributed by atoms with Gasteiger partial charge in [-0.3, -0.25) is 14.5 Å². The number of carbonyl (C=O) groups is 2. The number of nitrogens with zero attached hydrogens (tertiary/aromatic N) is 2. The minimum absolute atomic E-state index is 0.00913. The number of ether oxygens (including phenoxy) is 1. The monoisotopic (exact) mass is 498 g/mol. The number of aliphatic carboxylic acids is 1. The molecule has 0 unspecified atom stereocenters. The molecule has 192 valence electrons. The molecule has 2 aliphatic heterocycles. The second-order valence-corrected chi connectivity index (χ2v) is 9.63. The van der Waals surface area contributed by atoms with Crippen LogP contribution >= 0.6 is 0 Å². The molecule has 1 fully saturated rings. The number of aromatic nitrogens is 1. The normalized spacial score (nSPS) is 19.3. The molecule has 4 rings (SSSR count). The van der Waals surface area contributed by atoms with Gasteiger partial charge in [-0.15, -0.1) is 0 Å². The molecule has 9 heteroatoms. The number of hydrogen-bond acceptors (Lipinski definition) is 6. The molecular formula is C27H31FN2O6. The smallest absolute Gasteiger partial charge is 0.305 e. The number of benzene rings is 1. The Morgan fingerprint density at radius 2 is 2.00 bits per heavy atom.